The number of hydrogen-bond donors (Lipinski definition) is 0. The molecule has 0 N–H and O–H groups in total. The molecule has 0 aromatic rings. The quantitative estimate of drug-likeness (QED) is 0.0987. The van der Waals surface area contributed by atoms with Gasteiger partial charge in [0.05, 0.1) is 52.4 Å². The first-order chi connectivity index (χ1) is 15.0. The van der Waals surface area contributed by atoms with Crippen molar-refractivity contribution in [3.05, 3.63) is 0 Å². The Kier molecular flexibility index (Phi) is 25.6. The SMILES string of the molecule is CCC[N+](CCC)(CCC)CCC.CCC[N+](CCC)(CCC)CCC.O=S(=O)([O-])O[O-]. The zero-order chi connectivity index (χ0) is 25.5. The number of nitrogens with zero attached hydrogens (tertiary/aromatic N) is 2. The summed E-state index contributed by atoms with van der Waals surface area (Å²) in [6.45, 7) is 29.6. The van der Waals surface area contributed by atoms with Crippen molar-refractivity contribution in [2.75, 3.05) is 52.4 Å². The average Bonchev–Trinajstić information content (AvgIpc) is 2.70. The fraction of sp³-hybridized carbons (Fsp3) is 1.00. The molecule has 7 nitrogen and oxygen atoms in total. The van der Waals surface area contributed by atoms with Crippen molar-refractivity contribution >= 4 is 10.4 Å². The summed E-state index contributed by atoms with van der Waals surface area (Å²) in [4.78, 5) is 0. The number of hydrogen-bond acceptors (Lipinski definition) is 5. The molecule has 0 heterocycles. The Bertz CT molecular complexity index is 400. The van der Waals surface area contributed by atoms with Crippen LogP contribution >= 0.6 is 0 Å². The number of rotatable bonds is 17. The summed E-state index contributed by atoms with van der Waals surface area (Å²) in [7, 11) is -4.97. The van der Waals surface area contributed by atoms with Crippen LogP contribution in [0.3, 0.4) is 0 Å². The molecule has 0 aliphatic carbocycles. The van der Waals surface area contributed by atoms with Crippen LogP contribution in [0.1, 0.15) is 107 Å². The second-order valence-corrected chi connectivity index (χ2v) is 9.90. The molecule has 0 saturated heterocycles. The highest BCUT2D eigenvalue weighted by atomic mass is 32.3. The summed E-state index contributed by atoms with van der Waals surface area (Å²) in [5, 5.41) is 8.55. The normalized spacial score (nSPS) is 11.9. The second kappa shape index (κ2) is 22.5. The van der Waals surface area contributed by atoms with Gasteiger partial charge in [0.25, 0.3) is 0 Å². The summed E-state index contributed by atoms with van der Waals surface area (Å²) in [5.41, 5.74) is 0. The molecular formula is C24H56N2O5S. The molecule has 8 heteroatoms. The van der Waals surface area contributed by atoms with Crippen LogP contribution in [0.2, 0.25) is 0 Å². The molecule has 0 unspecified atom stereocenters. The highest BCUT2D eigenvalue weighted by Crippen LogP contribution is 2.13. The minimum absolute atomic E-state index is 1.33. The van der Waals surface area contributed by atoms with E-state index in [0.717, 1.165) is 0 Å². The van der Waals surface area contributed by atoms with E-state index in [1.165, 1.54) is 113 Å². The molecule has 0 fully saturated rings. The minimum Gasteiger partial charge on any atom is -0.726 e. The van der Waals surface area contributed by atoms with E-state index in [2.05, 4.69) is 59.7 Å². The first kappa shape index (κ1) is 36.3. The maximum Gasteiger partial charge on any atom is 0.208 e. The first-order valence-electron chi connectivity index (χ1n) is 13.0. The fourth-order valence-corrected chi connectivity index (χ4v) is 5.14. The lowest BCUT2D eigenvalue weighted by atomic mass is 10.2. The van der Waals surface area contributed by atoms with E-state index in [9.17, 15) is 0 Å². The van der Waals surface area contributed by atoms with E-state index in [0.29, 0.717) is 0 Å². The van der Waals surface area contributed by atoms with Crippen LogP contribution in [0.25, 0.3) is 0 Å². The molecule has 0 aromatic heterocycles. The Morgan fingerprint density at radius 2 is 0.625 bits per heavy atom. The lowest BCUT2D eigenvalue weighted by Gasteiger charge is -2.38. The molecule has 0 rings (SSSR count). The van der Waals surface area contributed by atoms with E-state index in [-0.39, 0.29) is 0 Å². The van der Waals surface area contributed by atoms with Gasteiger partial charge < -0.3 is 23.1 Å². The van der Waals surface area contributed by atoms with Gasteiger partial charge in [0, 0.05) is 0 Å². The fourth-order valence-electron chi connectivity index (χ4n) is 5.14. The van der Waals surface area contributed by atoms with Crippen LogP contribution in [0.5, 0.6) is 0 Å². The van der Waals surface area contributed by atoms with Gasteiger partial charge in [0.1, 0.15) is 0 Å². The van der Waals surface area contributed by atoms with E-state index >= 15 is 0 Å². The summed E-state index contributed by atoms with van der Waals surface area (Å²) >= 11 is 0. The lowest BCUT2D eigenvalue weighted by molar-refractivity contribution is -0.928. The van der Waals surface area contributed by atoms with E-state index in [1.54, 1.807) is 0 Å². The van der Waals surface area contributed by atoms with Gasteiger partial charge in [0.2, 0.25) is 10.4 Å². The van der Waals surface area contributed by atoms with Crippen LogP contribution in [-0.2, 0) is 14.7 Å². The van der Waals surface area contributed by atoms with Gasteiger partial charge in [-0.15, -0.1) is 0 Å². The van der Waals surface area contributed by atoms with E-state index < -0.39 is 10.4 Å². The largest absolute Gasteiger partial charge is 0.726 e. The van der Waals surface area contributed by atoms with Crippen molar-refractivity contribution in [2.24, 2.45) is 0 Å². The Balaban J connectivity index is -0.000000422. The minimum atomic E-state index is -4.97. The van der Waals surface area contributed by atoms with Crippen molar-refractivity contribution < 1.29 is 31.5 Å². The Hall–Kier alpha value is -0.250. The van der Waals surface area contributed by atoms with Crippen molar-refractivity contribution in [1.29, 1.82) is 0 Å². The molecule has 0 bridgehead atoms. The van der Waals surface area contributed by atoms with Crippen molar-refractivity contribution in [3.63, 3.8) is 0 Å². The Labute approximate surface area is 201 Å². The van der Waals surface area contributed by atoms with Crippen LogP contribution < -0.4 is 5.26 Å². The second-order valence-electron chi connectivity index (χ2n) is 8.95. The molecule has 32 heavy (non-hydrogen) atoms. The topological polar surface area (TPSA) is 89.5 Å². The van der Waals surface area contributed by atoms with Gasteiger partial charge in [-0.05, 0) is 51.4 Å². The predicted molar refractivity (Wildman–Crippen MR) is 133 cm³/mol. The van der Waals surface area contributed by atoms with Gasteiger partial charge >= 0.3 is 0 Å². The van der Waals surface area contributed by atoms with Crippen LogP contribution in [0.15, 0.2) is 0 Å². The molecule has 0 amide bonds. The highest BCUT2D eigenvalue weighted by molar-refractivity contribution is 7.80. The summed E-state index contributed by atoms with van der Waals surface area (Å²) in [6.07, 6.45) is 10.7. The average molecular weight is 485 g/mol. The van der Waals surface area contributed by atoms with Gasteiger partial charge in [-0.1, -0.05) is 55.4 Å². The molecule has 198 valence electrons. The van der Waals surface area contributed by atoms with Crippen LogP contribution in [0, 0.1) is 0 Å². The van der Waals surface area contributed by atoms with Crippen molar-refractivity contribution in [3.8, 4) is 0 Å². The molecular weight excluding hydrogens is 428 g/mol. The van der Waals surface area contributed by atoms with Crippen LogP contribution in [-0.4, -0.2) is 74.3 Å². The molecule has 0 aliphatic rings. The van der Waals surface area contributed by atoms with Gasteiger partial charge in [0.15, 0.2) is 0 Å². The standard InChI is InChI=1S/2C12H28N.H2O5S/c2*1-5-9-13(10-6-2,11-7-3)12-8-4;1-5-6(2,3)4/h2*5-12H2,1-4H3;1H,(H,2,3,4)/q2*+1;/p-2. The third-order valence-corrected chi connectivity index (χ3v) is 5.83. The monoisotopic (exact) mass is 484 g/mol. The van der Waals surface area contributed by atoms with Crippen molar-refractivity contribution in [1.82, 2.24) is 0 Å². The van der Waals surface area contributed by atoms with Gasteiger partial charge in [-0.2, -0.15) is 0 Å². The summed E-state index contributed by atoms with van der Waals surface area (Å²) < 4.78 is 31.6. The maximum atomic E-state index is 8.91. The third kappa shape index (κ3) is 20.4. The van der Waals surface area contributed by atoms with Crippen molar-refractivity contribution in [2.45, 2.75) is 107 Å². The zero-order valence-electron chi connectivity index (χ0n) is 22.7. The molecule has 0 aliphatic heterocycles. The molecule has 0 radical (unpaired) electrons. The summed E-state index contributed by atoms with van der Waals surface area (Å²) in [5.74, 6) is 0. The molecule has 0 aromatic carbocycles. The Morgan fingerprint density at radius 3 is 0.688 bits per heavy atom. The predicted octanol–water partition coefficient (Wildman–Crippen LogP) is 4.62. The molecule has 0 spiro atoms. The molecule has 0 saturated carbocycles. The third-order valence-electron chi connectivity index (χ3n) is 5.67. The van der Waals surface area contributed by atoms with E-state index in [4.69, 9.17) is 18.2 Å². The lowest BCUT2D eigenvalue weighted by Crippen LogP contribution is -2.50. The summed E-state index contributed by atoms with van der Waals surface area (Å²) in [6, 6.07) is 0. The van der Waals surface area contributed by atoms with Gasteiger partial charge in [-0.3, -0.25) is 0 Å². The van der Waals surface area contributed by atoms with Gasteiger partial charge in [-0.25, -0.2) is 8.42 Å². The maximum absolute atomic E-state index is 8.91. The number of quaternary nitrogens is 2. The highest BCUT2D eigenvalue weighted by Gasteiger charge is 2.23. The Morgan fingerprint density at radius 1 is 0.500 bits per heavy atom. The molecule has 0 atom stereocenters. The van der Waals surface area contributed by atoms with E-state index in [1.807, 2.05) is 0 Å². The zero-order valence-corrected chi connectivity index (χ0v) is 23.5. The smallest absolute Gasteiger partial charge is 0.208 e. The van der Waals surface area contributed by atoms with Crippen LogP contribution in [0.4, 0.5) is 0 Å². The first-order valence-corrected chi connectivity index (χ1v) is 14.4.